The smallest absolute Gasteiger partial charge is 0.250 e. The summed E-state index contributed by atoms with van der Waals surface area (Å²) in [5.41, 5.74) is -2.36. The molecule has 0 saturated heterocycles. The van der Waals surface area contributed by atoms with Crippen molar-refractivity contribution in [1.29, 1.82) is 0 Å². The molecule has 0 radical (unpaired) electrons. The van der Waals surface area contributed by atoms with Crippen molar-refractivity contribution in [1.82, 2.24) is 0 Å². The summed E-state index contributed by atoms with van der Waals surface area (Å²) in [5.74, 6) is -6.36. The summed E-state index contributed by atoms with van der Waals surface area (Å²) in [6.07, 6.45) is -0.757. The molecule has 1 fully saturated rings. The van der Waals surface area contributed by atoms with E-state index in [-0.39, 0.29) is 23.5 Å². The van der Waals surface area contributed by atoms with Gasteiger partial charge in [-0.15, -0.1) is 0 Å². The first-order valence-electron chi connectivity index (χ1n) is 9.33. The summed E-state index contributed by atoms with van der Waals surface area (Å²) in [7, 11) is 1.17. The predicted molar refractivity (Wildman–Crippen MR) is 115 cm³/mol. The molecule has 11 heteroatoms. The SMILES string of the molecule is COc1cc(F)c(F)c(Nc2ccc(I)cc2F)c1NC(O)(O)C1(C[C@H](O)CO)CC1. The van der Waals surface area contributed by atoms with Crippen molar-refractivity contribution in [3.8, 4) is 5.75 Å². The fourth-order valence-electron chi connectivity index (χ4n) is 3.40. The fourth-order valence-corrected chi connectivity index (χ4v) is 3.85. The second-order valence-corrected chi connectivity index (χ2v) is 8.74. The van der Waals surface area contributed by atoms with Gasteiger partial charge in [0.25, 0.3) is 0 Å². The second-order valence-electron chi connectivity index (χ2n) is 7.49. The van der Waals surface area contributed by atoms with Crippen molar-refractivity contribution in [2.45, 2.75) is 31.3 Å². The van der Waals surface area contributed by atoms with Gasteiger partial charge in [0.15, 0.2) is 11.6 Å². The molecule has 170 valence electrons. The van der Waals surface area contributed by atoms with Crippen molar-refractivity contribution in [3.63, 3.8) is 0 Å². The molecule has 0 unspecified atom stereocenters. The summed E-state index contributed by atoms with van der Waals surface area (Å²) < 4.78 is 48.9. The molecule has 2 aromatic rings. The number of benzene rings is 2. The first-order valence-corrected chi connectivity index (χ1v) is 10.4. The van der Waals surface area contributed by atoms with Crippen LogP contribution >= 0.6 is 22.6 Å². The van der Waals surface area contributed by atoms with E-state index in [0.29, 0.717) is 22.5 Å². The Morgan fingerprint density at radius 1 is 1.16 bits per heavy atom. The summed E-state index contributed by atoms with van der Waals surface area (Å²) in [5, 5.41) is 45.1. The van der Waals surface area contributed by atoms with Crippen LogP contribution in [0.5, 0.6) is 5.75 Å². The molecule has 3 rings (SSSR count). The maximum atomic E-state index is 14.7. The normalized spacial score (nSPS) is 16.0. The summed E-state index contributed by atoms with van der Waals surface area (Å²) >= 11 is 1.89. The molecule has 1 aliphatic carbocycles. The first-order chi connectivity index (χ1) is 14.5. The highest BCUT2D eigenvalue weighted by molar-refractivity contribution is 14.1. The number of nitrogens with one attached hydrogen (secondary N) is 2. The van der Waals surface area contributed by atoms with Crippen LogP contribution in [0.4, 0.5) is 30.2 Å². The molecule has 0 heterocycles. The number of hydrogen-bond donors (Lipinski definition) is 6. The number of hydrogen-bond acceptors (Lipinski definition) is 7. The quantitative estimate of drug-likeness (QED) is 0.209. The number of anilines is 3. The topological polar surface area (TPSA) is 114 Å². The number of ether oxygens (including phenoxy) is 1. The lowest BCUT2D eigenvalue weighted by molar-refractivity contribution is -0.196. The van der Waals surface area contributed by atoms with Crippen molar-refractivity contribution in [2.24, 2.45) is 5.41 Å². The zero-order valence-electron chi connectivity index (χ0n) is 16.4. The molecule has 0 aliphatic heterocycles. The molecule has 0 bridgehead atoms. The molecule has 2 aromatic carbocycles. The van der Waals surface area contributed by atoms with E-state index in [4.69, 9.17) is 9.84 Å². The van der Waals surface area contributed by atoms with Crippen LogP contribution in [0.25, 0.3) is 0 Å². The lowest BCUT2D eigenvalue weighted by Crippen LogP contribution is -2.49. The minimum atomic E-state index is -2.68. The Morgan fingerprint density at radius 3 is 2.39 bits per heavy atom. The number of halogens is 4. The molecule has 0 amide bonds. The highest BCUT2D eigenvalue weighted by Gasteiger charge is 2.60. The molecule has 1 aliphatic rings. The van der Waals surface area contributed by atoms with E-state index < -0.39 is 47.2 Å². The van der Waals surface area contributed by atoms with Gasteiger partial charge in [0.2, 0.25) is 5.91 Å². The molecular weight excluding hydrogens is 532 g/mol. The van der Waals surface area contributed by atoms with Crippen LogP contribution in [0.15, 0.2) is 24.3 Å². The van der Waals surface area contributed by atoms with Gasteiger partial charge in [0.1, 0.15) is 22.9 Å². The van der Waals surface area contributed by atoms with Gasteiger partial charge < -0.3 is 35.8 Å². The predicted octanol–water partition coefficient (Wildman–Crippen LogP) is 3.03. The standard InChI is InChI=1S/C20H22F3IN2O5/c1-31-15-7-13(22)16(23)18(25-14-3-2-10(24)6-12(14)21)17(15)26-20(29,30)19(4-5-19)8-11(28)9-27/h2-3,6-7,11,25-30H,4-5,8-9H2,1H3/t11-/m0/s1. The average Bonchev–Trinajstić information content (AvgIpc) is 3.50. The van der Waals surface area contributed by atoms with Crippen LogP contribution in [0.3, 0.4) is 0 Å². The van der Waals surface area contributed by atoms with Crippen LogP contribution < -0.4 is 15.4 Å². The van der Waals surface area contributed by atoms with E-state index in [0.717, 1.165) is 0 Å². The van der Waals surface area contributed by atoms with E-state index in [1.165, 1.54) is 19.2 Å². The highest BCUT2D eigenvalue weighted by Crippen LogP contribution is 2.57. The van der Waals surface area contributed by atoms with Crippen LogP contribution in [-0.4, -0.2) is 46.2 Å². The number of aliphatic hydroxyl groups is 4. The molecule has 7 nitrogen and oxygen atoms in total. The maximum absolute atomic E-state index is 14.7. The molecule has 1 atom stereocenters. The summed E-state index contributed by atoms with van der Waals surface area (Å²) in [6, 6.07) is 4.77. The lowest BCUT2D eigenvalue weighted by Gasteiger charge is -2.35. The van der Waals surface area contributed by atoms with E-state index in [9.17, 15) is 28.5 Å². The highest BCUT2D eigenvalue weighted by atomic mass is 127. The minimum absolute atomic E-state index is 0.149. The van der Waals surface area contributed by atoms with Gasteiger partial charge in [-0.3, -0.25) is 0 Å². The van der Waals surface area contributed by atoms with Crippen LogP contribution in [-0.2, 0) is 0 Å². The summed E-state index contributed by atoms with van der Waals surface area (Å²) in [4.78, 5) is 0. The maximum Gasteiger partial charge on any atom is 0.250 e. The molecule has 0 spiro atoms. The molecule has 6 N–H and O–H groups in total. The van der Waals surface area contributed by atoms with Gasteiger partial charge in [0.05, 0.1) is 25.5 Å². The number of aliphatic hydroxyl groups excluding tert-OH is 2. The van der Waals surface area contributed by atoms with Gasteiger partial charge in [-0.25, -0.2) is 13.2 Å². The van der Waals surface area contributed by atoms with Crippen LogP contribution in [0.1, 0.15) is 19.3 Å². The number of rotatable bonds is 9. The Hall–Kier alpha value is -1.80. The van der Waals surface area contributed by atoms with E-state index in [2.05, 4.69) is 10.6 Å². The average molecular weight is 554 g/mol. The third-order valence-corrected chi connectivity index (χ3v) is 5.99. The first kappa shape index (κ1) is 23.9. The Balaban J connectivity index is 2.03. The second kappa shape index (κ2) is 8.98. The minimum Gasteiger partial charge on any atom is -0.494 e. The van der Waals surface area contributed by atoms with Gasteiger partial charge >= 0.3 is 0 Å². The molecular formula is C20H22F3IN2O5. The third-order valence-electron chi connectivity index (χ3n) is 5.32. The fraction of sp³-hybridized carbons (Fsp3) is 0.400. The molecule has 1 saturated carbocycles. The van der Waals surface area contributed by atoms with Crippen LogP contribution in [0.2, 0.25) is 0 Å². The van der Waals surface area contributed by atoms with Crippen molar-refractivity contribution in [3.05, 3.63) is 45.3 Å². The Morgan fingerprint density at radius 2 is 1.84 bits per heavy atom. The van der Waals surface area contributed by atoms with Gasteiger partial charge in [-0.2, -0.15) is 0 Å². The summed E-state index contributed by atoms with van der Waals surface area (Å²) in [6.45, 7) is -0.578. The van der Waals surface area contributed by atoms with E-state index in [1.54, 1.807) is 6.07 Å². The van der Waals surface area contributed by atoms with Crippen molar-refractivity contribution in [2.75, 3.05) is 24.4 Å². The van der Waals surface area contributed by atoms with E-state index in [1.807, 2.05) is 22.6 Å². The molecule has 0 aromatic heterocycles. The Bertz CT molecular complexity index is 972. The van der Waals surface area contributed by atoms with Crippen molar-refractivity contribution >= 4 is 39.7 Å². The Kier molecular flexibility index (Phi) is 6.91. The third kappa shape index (κ3) is 4.85. The Labute approximate surface area is 190 Å². The zero-order chi connectivity index (χ0) is 23.0. The molecule has 31 heavy (non-hydrogen) atoms. The monoisotopic (exact) mass is 554 g/mol. The number of methoxy groups -OCH3 is 1. The van der Waals surface area contributed by atoms with Crippen LogP contribution in [0, 0.1) is 26.4 Å². The van der Waals surface area contributed by atoms with Gasteiger partial charge in [-0.05, 0) is 60.1 Å². The lowest BCUT2D eigenvalue weighted by atomic mass is 9.93. The van der Waals surface area contributed by atoms with E-state index >= 15 is 0 Å². The van der Waals surface area contributed by atoms with Crippen molar-refractivity contribution < 1.29 is 38.3 Å². The van der Waals surface area contributed by atoms with Gasteiger partial charge in [0, 0.05) is 15.1 Å². The zero-order valence-corrected chi connectivity index (χ0v) is 18.6. The largest absolute Gasteiger partial charge is 0.494 e. The van der Waals surface area contributed by atoms with Gasteiger partial charge in [-0.1, -0.05) is 0 Å².